The Morgan fingerprint density at radius 2 is 1.79 bits per heavy atom. The maximum atomic E-state index is 11.7. The van der Waals surface area contributed by atoms with Gasteiger partial charge in [0.05, 0.1) is 6.61 Å². The summed E-state index contributed by atoms with van der Waals surface area (Å²) in [5.41, 5.74) is 0. The number of hydrogen-bond acceptors (Lipinski definition) is 8. The van der Waals surface area contributed by atoms with E-state index in [1.165, 1.54) is 7.05 Å². The van der Waals surface area contributed by atoms with E-state index < -0.39 is 55.2 Å². The van der Waals surface area contributed by atoms with E-state index in [1.54, 1.807) is 0 Å². The molecular formula is C10H15NO8. The van der Waals surface area contributed by atoms with Crippen LogP contribution in [0.3, 0.4) is 0 Å². The SMILES string of the molecule is CN1C(=O)OC(C2O[C@H](CO)[C@H](O)[C@H](O)[C@H]2O)C1=O. The molecule has 2 heterocycles. The second-order valence-corrected chi connectivity index (χ2v) is 4.50. The lowest BCUT2D eigenvalue weighted by Crippen LogP contribution is -2.62. The molecule has 19 heavy (non-hydrogen) atoms. The summed E-state index contributed by atoms with van der Waals surface area (Å²) >= 11 is 0. The molecule has 0 saturated carbocycles. The zero-order valence-corrected chi connectivity index (χ0v) is 10.0. The number of aliphatic hydroxyl groups is 4. The summed E-state index contributed by atoms with van der Waals surface area (Å²) in [5.74, 6) is -0.727. The molecule has 108 valence electrons. The molecule has 0 aliphatic carbocycles. The average Bonchev–Trinajstić information content (AvgIpc) is 2.64. The molecule has 9 nitrogen and oxygen atoms in total. The lowest BCUT2D eigenvalue weighted by atomic mass is 9.92. The van der Waals surface area contributed by atoms with Gasteiger partial charge in [-0.05, 0) is 0 Å². The lowest BCUT2D eigenvalue weighted by Gasteiger charge is -2.40. The van der Waals surface area contributed by atoms with Gasteiger partial charge in [-0.3, -0.25) is 4.79 Å². The number of imide groups is 1. The first-order valence-corrected chi connectivity index (χ1v) is 5.67. The highest BCUT2D eigenvalue weighted by molar-refractivity contribution is 6.00. The number of nitrogens with zero attached hydrogens (tertiary/aromatic N) is 1. The molecule has 0 aromatic heterocycles. The van der Waals surface area contributed by atoms with Crippen LogP contribution in [0.2, 0.25) is 0 Å². The van der Waals surface area contributed by atoms with Gasteiger partial charge in [-0.25, -0.2) is 9.69 Å². The van der Waals surface area contributed by atoms with Crippen LogP contribution in [-0.4, -0.2) is 87.6 Å². The number of hydrogen-bond donors (Lipinski definition) is 4. The molecule has 4 N–H and O–H groups in total. The molecule has 0 radical (unpaired) electrons. The maximum Gasteiger partial charge on any atom is 0.417 e. The van der Waals surface area contributed by atoms with Crippen molar-refractivity contribution in [2.24, 2.45) is 0 Å². The number of aliphatic hydroxyl groups excluding tert-OH is 4. The second kappa shape index (κ2) is 5.02. The van der Waals surface area contributed by atoms with Crippen molar-refractivity contribution in [2.75, 3.05) is 13.7 Å². The van der Waals surface area contributed by atoms with Crippen LogP contribution in [0.5, 0.6) is 0 Å². The Morgan fingerprint density at radius 1 is 1.16 bits per heavy atom. The van der Waals surface area contributed by atoms with Gasteiger partial charge in [0, 0.05) is 7.05 Å². The van der Waals surface area contributed by atoms with Gasteiger partial charge >= 0.3 is 6.09 Å². The van der Waals surface area contributed by atoms with Crippen LogP contribution in [0.15, 0.2) is 0 Å². The van der Waals surface area contributed by atoms with Crippen LogP contribution in [0.1, 0.15) is 0 Å². The van der Waals surface area contributed by atoms with Crippen molar-refractivity contribution in [3.63, 3.8) is 0 Å². The third kappa shape index (κ3) is 2.19. The Hall–Kier alpha value is -1.26. The van der Waals surface area contributed by atoms with E-state index in [1.807, 2.05) is 0 Å². The maximum absolute atomic E-state index is 11.7. The highest BCUT2D eigenvalue weighted by atomic mass is 16.6. The molecule has 2 fully saturated rings. The van der Waals surface area contributed by atoms with Gasteiger partial charge in [0.2, 0.25) is 6.10 Å². The smallest absolute Gasteiger partial charge is 0.417 e. The molecule has 6 atom stereocenters. The number of cyclic esters (lactones) is 1. The largest absolute Gasteiger partial charge is 0.433 e. The fraction of sp³-hybridized carbons (Fsp3) is 0.800. The fourth-order valence-corrected chi connectivity index (χ4v) is 2.11. The van der Waals surface area contributed by atoms with Crippen molar-refractivity contribution in [2.45, 2.75) is 36.6 Å². The summed E-state index contributed by atoms with van der Waals surface area (Å²) in [5, 5.41) is 38.0. The molecule has 0 aromatic rings. The Labute approximate surface area is 107 Å². The summed E-state index contributed by atoms with van der Waals surface area (Å²) in [4.78, 5) is 23.7. The summed E-state index contributed by atoms with van der Waals surface area (Å²) in [6.07, 6.45) is -9.58. The van der Waals surface area contributed by atoms with Crippen molar-refractivity contribution in [1.82, 2.24) is 4.90 Å². The van der Waals surface area contributed by atoms with Gasteiger partial charge in [-0.2, -0.15) is 0 Å². The standard InChI is InChI=1S/C10H15NO8/c1-11-9(16)8(19-10(11)17)7-6(15)5(14)4(13)3(2-12)18-7/h3-8,12-15H,2H2,1H3/t3-,4+,5+,6-,7?,8?/m1/s1. The van der Waals surface area contributed by atoms with E-state index in [0.717, 1.165) is 0 Å². The summed E-state index contributed by atoms with van der Waals surface area (Å²) in [6.45, 7) is -0.619. The highest BCUT2D eigenvalue weighted by Gasteiger charge is 2.53. The van der Waals surface area contributed by atoms with E-state index in [0.29, 0.717) is 4.90 Å². The Morgan fingerprint density at radius 3 is 2.26 bits per heavy atom. The zero-order chi connectivity index (χ0) is 14.3. The lowest BCUT2D eigenvalue weighted by molar-refractivity contribution is -0.244. The van der Waals surface area contributed by atoms with E-state index in [9.17, 15) is 24.9 Å². The van der Waals surface area contributed by atoms with Gasteiger partial charge < -0.3 is 29.9 Å². The fourth-order valence-electron chi connectivity index (χ4n) is 2.11. The number of ether oxygens (including phenoxy) is 2. The zero-order valence-electron chi connectivity index (χ0n) is 10.0. The van der Waals surface area contributed by atoms with Gasteiger partial charge in [0.25, 0.3) is 5.91 Å². The van der Waals surface area contributed by atoms with Crippen molar-refractivity contribution in [1.29, 1.82) is 0 Å². The molecule has 0 spiro atoms. The van der Waals surface area contributed by atoms with Crippen LogP contribution in [0, 0.1) is 0 Å². The number of carbonyl (C=O) groups excluding carboxylic acids is 2. The monoisotopic (exact) mass is 277 g/mol. The van der Waals surface area contributed by atoms with Crippen LogP contribution in [-0.2, 0) is 14.3 Å². The second-order valence-electron chi connectivity index (χ2n) is 4.50. The van der Waals surface area contributed by atoms with Crippen LogP contribution in [0.4, 0.5) is 4.79 Å². The van der Waals surface area contributed by atoms with Crippen molar-refractivity contribution >= 4 is 12.0 Å². The van der Waals surface area contributed by atoms with E-state index in [2.05, 4.69) is 0 Å². The first-order chi connectivity index (χ1) is 8.88. The molecule has 2 amide bonds. The number of carbonyl (C=O) groups is 2. The first-order valence-electron chi connectivity index (χ1n) is 5.67. The molecule has 9 heteroatoms. The van der Waals surface area contributed by atoms with Gasteiger partial charge in [0.15, 0.2) is 0 Å². The van der Waals surface area contributed by atoms with Gasteiger partial charge in [-0.15, -0.1) is 0 Å². The minimum absolute atomic E-state index is 0.619. The normalized spacial score (nSPS) is 43.5. The molecule has 2 saturated heterocycles. The molecule has 0 aromatic carbocycles. The minimum atomic E-state index is -1.62. The van der Waals surface area contributed by atoms with Crippen molar-refractivity contribution in [3.8, 4) is 0 Å². The van der Waals surface area contributed by atoms with Crippen LogP contribution < -0.4 is 0 Å². The van der Waals surface area contributed by atoms with Crippen molar-refractivity contribution in [3.05, 3.63) is 0 Å². The molecule has 2 unspecified atom stereocenters. The van der Waals surface area contributed by atoms with Crippen molar-refractivity contribution < 1.29 is 39.5 Å². The molecule has 2 aliphatic rings. The van der Waals surface area contributed by atoms with Gasteiger partial charge in [-0.1, -0.05) is 0 Å². The molecular weight excluding hydrogens is 262 g/mol. The Kier molecular flexibility index (Phi) is 3.74. The quantitative estimate of drug-likeness (QED) is 0.414. The summed E-state index contributed by atoms with van der Waals surface area (Å²) < 4.78 is 9.90. The minimum Gasteiger partial charge on any atom is -0.433 e. The van der Waals surface area contributed by atoms with E-state index >= 15 is 0 Å². The Bertz CT molecular complexity index is 386. The number of rotatable bonds is 2. The average molecular weight is 277 g/mol. The third-order valence-corrected chi connectivity index (χ3v) is 3.30. The highest BCUT2D eigenvalue weighted by Crippen LogP contribution is 2.27. The molecule has 2 aliphatic heterocycles. The predicted octanol–water partition coefficient (Wildman–Crippen LogP) is -3.19. The number of likely N-dealkylation sites (N-methyl/N-ethyl adjacent to an activating group) is 1. The first kappa shape index (κ1) is 14.2. The van der Waals surface area contributed by atoms with Gasteiger partial charge in [0.1, 0.15) is 30.5 Å². The molecule has 0 bridgehead atoms. The summed E-state index contributed by atoms with van der Waals surface area (Å²) in [6, 6.07) is 0. The van der Waals surface area contributed by atoms with E-state index in [4.69, 9.17) is 14.6 Å². The summed E-state index contributed by atoms with van der Waals surface area (Å²) in [7, 11) is 1.20. The predicted molar refractivity (Wildman–Crippen MR) is 56.8 cm³/mol. The Balaban J connectivity index is 2.20. The van der Waals surface area contributed by atoms with E-state index in [-0.39, 0.29) is 0 Å². The third-order valence-electron chi connectivity index (χ3n) is 3.30. The van der Waals surface area contributed by atoms with Crippen LogP contribution in [0.25, 0.3) is 0 Å². The molecule has 2 rings (SSSR count). The topological polar surface area (TPSA) is 137 Å². The number of amides is 2. The van der Waals surface area contributed by atoms with Crippen LogP contribution >= 0.6 is 0 Å².